The molecule has 0 N–H and O–H groups in total. The van der Waals surface area contributed by atoms with Crippen LogP contribution in [0.3, 0.4) is 0 Å². The zero-order valence-electron chi connectivity index (χ0n) is 16.4. The van der Waals surface area contributed by atoms with Gasteiger partial charge in [0.05, 0.1) is 24.1 Å². The van der Waals surface area contributed by atoms with Crippen LogP contribution in [-0.4, -0.2) is 17.2 Å². The number of fused-ring (bicyclic) bond motifs is 2. The van der Waals surface area contributed by atoms with E-state index in [9.17, 15) is 28.1 Å². The summed E-state index contributed by atoms with van der Waals surface area (Å²) in [4.78, 5) is 0. The first-order valence-electron chi connectivity index (χ1n) is 9.48. The maximum Gasteiger partial charge on any atom is 0.586 e. The summed E-state index contributed by atoms with van der Waals surface area (Å²) in [7, 11) is 0. The highest BCUT2D eigenvalue weighted by Gasteiger charge is 2.46. The van der Waals surface area contributed by atoms with Gasteiger partial charge in [-0.3, -0.25) is 0 Å². The van der Waals surface area contributed by atoms with Gasteiger partial charge in [0, 0.05) is 29.1 Å². The third-order valence-corrected chi connectivity index (χ3v) is 5.15. The van der Waals surface area contributed by atoms with Crippen LogP contribution >= 0.6 is 0 Å². The lowest BCUT2D eigenvalue weighted by Gasteiger charge is -2.18. The molecule has 3 aromatic rings. The molecule has 0 bridgehead atoms. The van der Waals surface area contributed by atoms with Crippen molar-refractivity contribution < 1.29 is 36.5 Å². The molecule has 33 heavy (non-hydrogen) atoms. The Bertz CT molecular complexity index is 1360. The van der Waals surface area contributed by atoms with Crippen LogP contribution in [0.25, 0.3) is 11.1 Å². The van der Waals surface area contributed by atoms with Crippen molar-refractivity contribution in [1.82, 2.24) is 4.57 Å². The highest BCUT2D eigenvalue weighted by Crippen LogP contribution is 2.49. The van der Waals surface area contributed by atoms with Gasteiger partial charge in [0.15, 0.2) is 23.0 Å². The molecule has 0 radical (unpaired) electrons. The molecule has 11 heteroatoms. The topological polar surface area (TPSA) is 89.4 Å². The zero-order chi connectivity index (χ0) is 23.4. The Hall–Kier alpha value is -4.38. The summed E-state index contributed by atoms with van der Waals surface area (Å²) in [6, 6.07) is 11.6. The number of nitrogens with zero attached hydrogens (tertiary/aromatic N) is 3. The van der Waals surface area contributed by atoms with E-state index in [1.807, 2.05) is 12.1 Å². The minimum atomic E-state index is -3.86. The molecule has 1 aromatic heterocycles. The number of hydrogen-bond donors (Lipinski definition) is 0. The number of benzene rings is 2. The Morgan fingerprint density at radius 2 is 1.45 bits per heavy atom. The van der Waals surface area contributed by atoms with Crippen molar-refractivity contribution >= 4 is 0 Å². The van der Waals surface area contributed by atoms with Crippen LogP contribution in [0.1, 0.15) is 23.6 Å². The van der Waals surface area contributed by atoms with E-state index in [0.717, 1.165) is 0 Å². The van der Waals surface area contributed by atoms with Crippen LogP contribution in [-0.2, 0) is 0 Å². The number of para-hydroxylation sites is 2. The van der Waals surface area contributed by atoms with Gasteiger partial charge in [0.1, 0.15) is 6.07 Å². The standard InChI is InChI=1S/C22H11F4N3O4/c23-21(24)30-17-5-1-3-13(19(17)32-21)15-11-29(10-12(15)9-28)16(7-8-27)14-4-2-6-18-20(14)33-22(25,26)31-18/h1-6,10-11,16H,7H2. The molecule has 1 atom stereocenters. The van der Waals surface area contributed by atoms with E-state index in [2.05, 4.69) is 18.9 Å². The molecule has 2 aromatic carbocycles. The molecule has 0 spiro atoms. The molecular formula is C22H11F4N3O4. The summed E-state index contributed by atoms with van der Waals surface area (Å²) in [6.07, 6.45) is -5.05. The van der Waals surface area contributed by atoms with Gasteiger partial charge in [0.2, 0.25) is 0 Å². The van der Waals surface area contributed by atoms with Crippen LogP contribution in [0.15, 0.2) is 48.8 Å². The first-order chi connectivity index (χ1) is 15.7. The van der Waals surface area contributed by atoms with Gasteiger partial charge in [0.25, 0.3) is 0 Å². The van der Waals surface area contributed by atoms with Gasteiger partial charge in [-0.25, -0.2) is 0 Å². The summed E-state index contributed by atoms with van der Waals surface area (Å²) in [5.74, 6) is -0.864. The van der Waals surface area contributed by atoms with Crippen molar-refractivity contribution in [1.29, 1.82) is 10.5 Å². The number of hydrogen-bond acceptors (Lipinski definition) is 6. The van der Waals surface area contributed by atoms with Crippen molar-refractivity contribution in [3.8, 4) is 46.3 Å². The summed E-state index contributed by atoms with van der Waals surface area (Å²) >= 11 is 0. The van der Waals surface area contributed by atoms with Crippen molar-refractivity contribution in [2.75, 3.05) is 0 Å². The Balaban J connectivity index is 1.62. The van der Waals surface area contributed by atoms with E-state index in [1.165, 1.54) is 53.4 Å². The highest BCUT2D eigenvalue weighted by molar-refractivity contribution is 5.78. The van der Waals surface area contributed by atoms with E-state index in [4.69, 9.17) is 0 Å². The van der Waals surface area contributed by atoms with E-state index in [-0.39, 0.29) is 51.7 Å². The molecule has 1 unspecified atom stereocenters. The van der Waals surface area contributed by atoms with E-state index < -0.39 is 18.6 Å². The smallest absolute Gasteiger partial charge is 0.395 e. The second-order valence-corrected chi connectivity index (χ2v) is 7.16. The Labute approximate surface area is 183 Å². The molecule has 0 aliphatic carbocycles. The van der Waals surface area contributed by atoms with Crippen LogP contribution < -0.4 is 18.9 Å². The van der Waals surface area contributed by atoms with Crippen LogP contribution in [0.5, 0.6) is 23.0 Å². The maximum absolute atomic E-state index is 13.7. The van der Waals surface area contributed by atoms with Crippen molar-refractivity contribution in [3.05, 3.63) is 59.9 Å². The third kappa shape index (κ3) is 3.44. The van der Waals surface area contributed by atoms with E-state index in [1.54, 1.807) is 0 Å². The quantitative estimate of drug-likeness (QED) is 0.502. The molecule has 3 heterocycles. The van der Waals surface area contributed by atoms with Crippen molar-refractivity contribution in [3.63, 3.8) is 0 Å². The zero-order valence-corrected chi connectivity index (χ0v) is 16.4. The minimum absolute atomic E-state index is 0.0835. The van der Waals surface area contributed by atoms with Crippen LogP contribution in [0.4, 0.5) is 17.6 Å². The first kappa shape index (κ1) is 20.5. The maximum atomic E-state index is 13.7. The molecule has 0 saturated carbocycles. The fourth-order valence-electron chi connectivity index (χ4n) is 3.85. The third-order valence-electron chi connectivity index (χ3n) is 5.15. The lowest BCUT2D eigenvalue weighted by atomic mass is 10.0. The second kappa shape index (κ2) is 7.07. The highest BCUT2D eigenvalue weighted by atomic mass is 19.3. The number of nitriles is 2. The van der Waals surface area contributed by atoms with Crippen molar-refractivity contribution in [2.45, 2.75) is 25.1 Å². The Morgan fingerprint density at radius 1 is 0.818 bits per heavy atom. The molecule has 7 nitrogen and oxygen atoms in total. The van der Waals surface area contributed by atoms with Crippen LogP contribution in [0.2, 0.25) is 0 Å². The number of rotatable bonds is 4. The fourth-order valence-corrected chi connectivity index (χ4v) is 3.85. The predicted octanol–water partition coefficient (Wildman–Crippen LogP) is 5.17. The summed E-state index contributed by atoms with van der Waals surface area (Å²) in [5, 5.41) is 19.0. The van der Waals surface area contributed by atoms with Gasteiger partial charge in [-0.15, -0.1) is 17.6 Å². The Morgan fingerprint density at radius 3 is 2.12 bits per heavy atom. The Kier molecular flexibility index (Phi) is 4.40. The predicted molar refractivity (Wildman–Crippen MR) is 102 cm³/mol. The van der Waals surface area contributed by atoms with Gasteiger partial charge in [-0.2, -0.15) is 10.5 Å². The fraction of sp³-hybridized carbons (Fsp3) is 0.182. The van der Waals surface area contributed by atoms with Gasteiger partial charge in [-0.1, -0.05) is 24.3 Å². The number of aromatic nitrogens is 1. The van der Waals surface area contributed by atoms with E-state index >= 15 is 0 Å². The number of alkyl halides is 4. The van der Waals surface area contributed by atoms with E-state index in [0.29, 0.717) is 0 Å². The van der Waals surface area contributed by atoms with Crippen LogP contribution in [0, 0.1) is 22.7 Å². The molecule has 2 aliphatic heterocycles. The summed E-state index contributed by atoms with van der Waals surface area (Å²) < 4.78 is 74.2. The lowest BCUT2D eigenvalue weighted by molar-refractivity contribution is -0.287. The molecule has 0 amide bonds. The van der Waals surface area contributed by atoms with Gasteiger partial charge < -0.3 is 23.5 Å². The molecule has 166 valence electrons. The molecule has 0 fully saturated rings. The number of halogens is 4. The summed E-state index contributed by atoms with van der Waals surface area (Å²) in [5.41, 5.74) is 0.704. The van der Waals surface area contributed by atoms with Crippen molar-refractivity contribution in [2.24, 2.45) is 0 Å². The van der Waals surface area contributed by atoms with Gasteiger partial charge in [-0.05, 0) is 12.1 Å². The molecule has 0 saturated heterocycles. The molecular weight excluding hydrogens is 446 g/mol. The first-order valence-corrected chi connectivity index (χ1v) is 9.48. The monoisotopic (exact) mass is 457 g/mol. The minimum Gasteiger partial charge on any atom is -0.395 e. The normalized spacial score (nSPS) is 17.3. The molecule has 2 aliphatic rings. The number of ether oxygens (including phenoxy) is 4. The largest absolute Gasteiger partial charge is 0.586 e. The average molecular weight is 457 g/mol. The SMILES string of the molecule is N#CCC(c1cccc2c1OC(F)(F)O2)n1cc(C#N)c(-c2cccc3c2OC(F)(F)O3)c1. The lowest BCUT2D eigenvalue weighted by Crippen LogP contribution is -2.26. The van der Waals surface area contributed by atoms with Gasteiger partial charge >= 0.3 is 12.6 Å². The molecule has 5 rings (SSSR count). The summed E-state index contributed by atoms with van der Waals surface area (Å²) in [6.45, 7) is 0. The average Bonchev–Trinajstić information content (AvgIpc) is 3.41. The second-order valence-electron chi connectivity index (χ2n) is 7.16.